The third kappa shape index (κ3) is 2.08. The van der Waals surface area contributed by atoms with Crippen LogP contribution in [0.1, 0.15) is 36.8 Å². The Morgan fingerprint density at radius 3 is 3.06 bits per heavy atom. The van der Waals surface area contributed by atoms with Crippen LogP contribution in [0.15, 0.2) is 18.2 Å². The molecule has 0 saturated heterocycles. The lowest BCUT2D eigenvalue weighted by atomic mass is 9.96. The Morgan fingerprint density at radius 1 is 1.41 bits per heavy atom. The van der Waals surface area contributed by atoms with E-state index in [-0.39, 0.29) is 12.0 Å². The monoisotopic (exact) mass is 230 g/mol. The van der Waals surface area contributed by atoms with Crippen molar-refractivity contribution in [2.75, 3.05) is 0 Å². The largest absolute Gasteiger partial charge is 0.490 e. The molecular formula is C15H18O2. The summed E-state index contributed by atoms with van der Waals surface area (Å²) >= 11 is 0. The van der Waals surface area contributed by atoms with Gasteiger partial charge in [-0.2, -0.15) is 0 Å². The Kier molecular flexibility index (Phi) is 2.65. The molecule has 1 aliphatic heterocycles. The quantitative estimate of drug-likeness (QED) is 0.780. The Bertz CT molecular complexity index is 450. The third-order valence-electron chi connectivity index (χ3n) is 3.94. The van der Waals surface area contributed by atoms with Gasteiger partial charge in [0.15, 0.2) is 0 Å². The summed E-state index contributed by atoms with van der Waals surface area (Å²) in [6, 6.07) is 6.34. The topological polar surface area (TPSA) is 26.3 Å². The number of Topliss-reactive ketones (excluding diaryl/α,β-unsaturated/α-hetero) is 1. The SMILES string of the molecule is Cc1ccc2c(c1)CC(CC1CCCC1=O)O2. The van der Waals surface area contributed by atoms with Crippen LogP contribution in [0.3, 0.4) is 0 Å². The highest BCUT2D eigenvalue weighted by Gasteiger charge is 2.31. The summed E-state index contributed by atoms with van der Waals surface area (Å²) in [5.74, 6) is 1.72. The fraction of sp³-hybridized carbons (Fsp3) is 0.533. The van der Waals surface area contributed by atoms with Crippen LogP contribution in [0.4, 0.5) is 0 Å². The van der Waals surface area contributed by atoms with E-state index in [1.807, 2.05) is 0 Å². The number of carbonyl (C=O) groups excluding carboxylic acids is 1. The average molecular weight is 230 g/mol. The summed E-state index contributed by atoms with van der Waals surface area (Å²) in [5.41, 5.74) is 2.59. The maximum Gasteiger partial charge on any atom is 0.136 e. The third-order valence-corrected chi connectivity index (χ3v) is 3.94. The second-order valence-corrected chi connectivity index (χ2v) is 5.35. The van der Waals surface area contributed by atoms with Gasteiger partial charge in [0.25, 0.3) is 0 Å². The van der Waals surface area contributed by atoms with E-state index >= 15 is 0 Å². The number of rotatable bonds is 2. The van der Waals surface area contributed by atoms with Gasteiger partial charge in [0.2, 0.25) is 0 Å². The van der Waals surface area contributed by atoms with Crippen LogP contribution in [0.5, 0.6) is 5.75 Å². The van der Waals surface area contributed by atoms with Gasteiger partial charge >= 0.3 is 0 Å². The zero-order chi connectivity index (χ0) is 11.8. The minimum atomic E-state index is 0.221. The number of hydrogen-bond acceptors (Lipinski definition) is 2. The molecule has 2 nitrogen and oxygen atoms in total. The predicted octanol–water partition coefficient (Wildman–Crippen LogP) is 3.06. The summed E-state index contributed by atoms with van der Waals surface area (Å²) in [6.07, 6.45) is 5.02. The molecular weight excluding hydrogens is 212 g/mol. The normalized spacial score (nSPS) is 27.0. The number of hydrogen-bond donors (Lipinski definition) is 0. The molecule has 1 aromatic carbocycles. The highest BCUT2D eigenvalue weighted by molar-refractivity contribution is 5.82. The number of aryl methyl sites for hydroxylation is 1. The molecule has 2 unspecified atom stereocenters. The van der Waals surface area contributed by atoms with E-state index in [4.69, 9.17) is 4.74 Å². The summed E-state index contributed by atoms with van der Waals surface area (Å²) in [4.78, 5) is 11.6. The molecule has 17 heavy (non-hydrogen) atoms. The molecule has 2 aliphatic rings. The lowest BCUT2D eigenvalue weighted by molar-refractivity contribution is -0.121. The maximum atomic E-state index is 11.6. The number of ether oxygens (including phenoxy) is 1. The molecule has 1 fully saturated rings. The Hall–Kier alpha value is -1.31. The number of benzene rings is 1. The van der Waals surface area contributed by atoms with Gasteiger partial charge in [-0.05, 0) is 37.8 Å². The number of ketones is 1. The van der Waals surface area contributed by atoms with Gasteiger partial charge in [-0.15, -0.1) is 0 Å². The second kappa shape index (κ2) is 4.17. The van der Waals surface area contributed by atoms with E-state index in [0.29, 0.717) is 5.78 Å². The first-order valence-electron chi connectivity index (χ1n) is 6.51. The molecule has 3 rings (SSSR count). The molecule has 0 spiro atoms. The first-order chi connectivity index (χ1) is 8.22. The zero-order valence-electron chi connectivity index (χ0n) is 10.2. The van der Waals surface area contributed by atoms with Crippen molar-refractivity contribution in [3.8, 4) is 5.75 Å². The highest BCUT2D eigenvalue weighted by atomic mass is 16.5. The van der Waals surface area contributed by atoms with Gasteiger partial charge in [0, 0.05) is 18.8 Å². The van der Waals surface area contributed by atoms with Crippen LogP contribution in [0, 0.1) is 12.8 Å². The van der Waals surface area contributed by atoms with Crippen molar-refractivity contribution in [3.05, 3.63) is 29.3 Å². The van der Waals surface area contributed by atoms with Crippen molar-refractivity contribution in [2.24, 2.45) is 5.92 Å². The summed E-state index contributed by atoms with van der Waals surface area (Å²) in [7, 11) is 0. The molecule has 0 bridgehead atoms. The van der Waals surface area contributed by atoms with E-state index in [2.05, 4.69) is 25.1 Å². The molecule has 2 atom stereocenters. The van der Waals surface area contributed by atoms with Gasteiger partial charge in [-0.1, -0.05) is 17.7 Å². The van der Waals surface area contributed by atoms with Crippen LogP contribution in [0.25, 0.3) is 0 Å². The van der Waals surface area contributed by atoms with Crippen LogP contribution < -0.4 is 4.74 Å². The molecule has 2 heteroatoms. The minimum absolute atomic E-state index is 0.221. The first kappa shape index (κ1) is 10.8. The van der Waals surface area contributed by atoms with Crippen LogP contribution in [-0.2, 0) is 11.2 Å². The van der Waals surface area contributed by atoms with Crippen molar-refractivity contribution in [3.63, 3.8) is 0 Å². The minimum Gasteiger partial charge on any atom is -0.490 e. The van der Waals surface area contributed by atoms with E-state index in [1.54, 1.807) is 0 Å². The van der Waals surface area contributed by atoms with Gasteiger partial charge in [-0.3, -0.25) is 4.79 Å². The smallest absolute Gasteiger partial charge is 0.136 e. The molecule has 1 aromatic rings. The Morgan fingerprint density at radius 2 is 2.29 bits per heavy atom. The zero-order valence-corrected chi connectivity index (χ0v) is 10.2. The fourth-order valence-corrected chi connectivity index (χ4v) is 3.04. The van der Waals surface area contributed by atoms with E-state index in [9.17, 15) is 4.79 Å². The van der Waals surface area contributed by atoms with Gasteiger partial charge < -0.3 is 4.74 Å². The summed E-state index contributed by atoms with van der Waals surface area (Å²) in [5, 5.41) is 0. The average Bonchev–Trinajstić information content (AvgIpc) is 2.85. The van der Waals surface area contributed by atoms with E-state index in [1.165, 1.54) is 11.1 Å². The Labute approximate surface area is 102 Å². The molecule has 90 valence electrons. The Balaban J connectivity index is 1.68. The van der Waals surface area contributed by atoms with Gasteiger partial charge in [0.05, 0.1) is 0 Å². The molecule has 0 aromatic heterocycles. The summed E-state index contributed by atoms with van der Waals surface area (Å²) < 4.78 is 5.92. The molecule has 0 radical (unpaired) electrons. The molecule has 1 heterocycles. The standard InChI is InChI=1S/C15H18O2/c1-10-5-6-15-12(7-10)9-13(17-15)8-11-3-2-4-14(11)16/h5-7,11,13H,2-4,8-9H2,1H3. The number of fused-ring (bicyclic) bond motifs is 1. The van der Waals surface area contributed by atoms with Crippen LogP contribution >= 0.6 is 0 Å². The first-order valence-corrected chi connectivity index (χ1v) is 6.51. The van der Waals surface area contributed by atoms with Crippen molar-refractivity contribution in [1.82, 2.24) is 0 Å². The van der Waals surface area contributed by atoms with Crippen molar-refractivity contribution < 1.29 is 9.53 Å². The molecule has 0 N–H and O–H groups in total. The number of carbonyl (C=O) groups is 1. The second-order valence-electron chi connectivity index (χ2n) is 5.35. The van der Waals surface area contributed by atoms with Gasteiger partial charge in [0.1, 0.15) is 17.6 Å². The molecule has 1 saturated carbocycles. The molecule has 0 amide bonds. The lowest BCUT2D eigenvalue weighted by Gasteiger charge is -2.14. The van der Waals surface area contributed by atoms with Gasteiger partial charge in [-0.25, -0.2) is 0 Å². The summed E-state index contributed by atoms with van der Waals surface area (Å²) in [6.45, 7) is 2.11. The lowest BCUT2D eigenvalue weighted by Crippen LogP contribution is -2.20. The maximum absolute atomic E-state index is 11.6. The molecule has 1 aliphatic carbocycles. The van der Waals surface area contributed by atoms with Crippen molar-refractivity contribution in [1.29, 1.82) is 0 Å². The highest BCUT2D eigenvalue weighted by Crippen LogP contribution is 2.34. The van der Waals surface area contributed by atoms with Crippen LogP contribution in [-0.4, -0.2) is 11.9 Å². The predicted molar refractivity (Wildman–Crippen MR) is 66.3 cm³/mol. The van der Waals surface area contributed by atoms with Crippen molar-refractivity contribution in [2.45, 2.75) is 45.1 Å². The van der Waals surface area contributed by atoms with E-state index < -0.39 is 0 Å². The van der Waals surface area contributed by atoms with Crippen LogP contribution in [0.2, 0.25) is 0 Å². The fourth-order valence-electron chi connectivity index (χ4n) is 3.04. The van der Waals surface area contributed by atoms with E-state index in [0.717, 1.165) is 37.9 Å². The van der Waals surface area contributed by atoms with Crippen molar-refractivity contribution >= 4 is 5.78 Å².